The van der Waals surface area contributed by atoms with Gasteiger partial charge in [0, 0.05) is 12.2 Å². The van der Waals surface area contributed by atoms with Crippen molar-refractivity contribution in [2.45, 2.75) is 38.1 Å². The Morgan fingerprint density at radius 1 is 1.10 bits per heavy atom. The topological polar surface area (TPSA) is 54.9 Å². The quantitative estimate of drug-likeness (QED) is 0.670. The first-order chi connectivity index (χ1) is 10.1. The zero-order valence-electron chi connectivity index (χ0n) is 11.6. The van der Waals surface area contributed by atoms with Gasteiger partial charge < -0.3 is 5.32 Å². The Hall–Kier alpha value is -0.870. The summed E-state index contributed by atoms with van der Waals surface area (Å²) in [6, 6.07) is 0.289. The first kappa shape index (κ1) is 13.8. The minimum absolute atomic E-state index is 0.0613. The lowest BCUT2D eigenvalue weighted by molar-refractivity contribution is -0.0119. The van der Waals surface area contributed by atoms with Crippen LogP contribution in [0.4, 0.5) is 0 Å². The van der Waals surface area contributed by atoms with Crippen molar-refractivity contribution in [1.82, 2.24) is 15.3 Å². The molecule has 4 aliphatic rings. The molecule has 0 aliphatic heterocycles. The maximum atomic E-state index is 12.5. The number of hydrogen-bond donors (Lipinski definition) is 1. The molecule has 4 aliphatic carbocycles. The van der Waals surface area contributed by atoms with Crippen LogP contribution in [0.15, 0.2) is 6.20 Å². The number of hydrogen-bond acceptors (Lipinski definition) is 3. The number of carbonyl (C=O) groups is 1. The Balaban J connectivity index is 1.52. The van der Waals surface area contributed by atoms with Crippen molar-refractivity contribution in [3.63, 3.8) is 0 Å². The summed E-state index contributed by atoms with van der Waals surface area (Å²) in [5.74, 6) is 2.88. The van der Waals surface area contributed by atoms with E-state index >= 15 is 0 Å². The summed E-state index contributed by atoms with van der Waals surface area (Å²) >= 11 is 11.7. The van der Waals surface area contributed by atoms with Crippen molar-refractivity contribution in [3.8, 4) is 0 Å². The normalized spacial score (nSPS) is 36.8. The monoisotopic (exact) mass is 325 g/mol. The molecule has 1 N–H and O–H groups in total. The number of amides is 1. The van der Waals surface area contributed by atoms with Crippen LogP contribution >= 0.6 is 23.2 Å². The Labute approximate surface area is 133 Å². The summed E-state index contributed by atoms with van der Waals surface area (Å²) in [5.41, 5.74) is 0.315. The van der Waals surface area contributed by atoms with Crippen LogP contribution in [0.2, 0.25) is 10.4 Å². The van der Waals surface area contributed by atoms with Gasteiger partial charge in [-0.15, -0.1) is 0 Å². The zero-order valence-corrected chi connectivity index (χ0v) is 13.1. The molecule has 0 radical (unpaired) electrons. The van der Waals surface area contributed by atoms with E-state index in [0.29, 0.717) is 17.4 Å². The van der Waals surface area contributed by atoms with Gasteiger partial charge in [-0.25, -0.2) is 9.97 Å². The van der Waals surface area contributed by atoms with Crippen LogP contribution in [0.25, 0.3) is 0 Å². The van der Waals surface area contributed by atoms with E-state index < -0.39 is 0 Å². The lowest BCUT2D eigenvalue weighted by Crippen LogP contribution is -2.55. The lowest BCUT2D eigenvalue weighted by atomic mass is 9.54. The van der Waals surface area contributed by atoms with E-state index in [1.54, 1.807) is 0 Å². The fourth-order valence-corrected chi connectivity index (χ4v) is 5.27. The molecule has 1 heterocycles. The number of nitrogens with zero attached hydrogens (tertiary/aromatic N) is 2. The van der Waals surface area contributed by atoms with E-state index in [-0.39, 0.29) is 22.4 Å². The third-order valence-electron chi connectivity index (χ3n) is 5.48. The van der Waals surface area contributed by atoms with Crippen molar-refractivity contribution >= 4 is 29.1 Å². The van der Waals surface area contributed by atoms with Crippen molar-refractivity contribution in [3.05, 3.63) is 22.2 Å². The van der Waals surface area contributed by atoms with Gasteiger partial charge in [0.25, 0.3) is 5.91 Å². The van der Waals surface area contributed by atoms with Gasteiger partial charge in [0.05, 0.1) is 5.56 Å². The fourth-order valence-electron chi connectivity index (χ4n) is 4.88. The summed E-state index contributed by atoms with van der Waals surface area (Å²) in [6.45, 7) is 0. The van der Waals surface area contributed by atoms with Crippen molar-refractivity contribution in [2.75, 3.05) is 0 Å². The van der Waals surface area contributed by atoms with Gasteiger partial charge in [0.1, 0.15) is 5.15 Å². The number of nitrogens with one attached hydrogen (secondary N) is 1. The SMILES string of the molecule is O=C(NC1C2CC3CC(C2)CC1C3)c1cnc(Cl)nc1Cl. The largest absolute Gasteiger partial charge is 0.349 e. The summed E-state index contributed by atoms with van der Waals surface area (Å²) in [7, 11) is 0. The molecule has 0 unspecified atom stereocenters. The van der Waals surface area contributed by atoms with E-state index in [1.165, 1.54) is 38.3 Å². The second kappa shape index (κ2) is 5.10. The molecule has 0 atom stereocenters. The molecule has 4 saturated carbocycles. The second-order valence-corrected chi connectivity index (χ2v) is 7.47. The average Bonchev–Trinajstić information content (AvgIpc) is 2.41. The van der Waals surface area contributed by atoms with E-state index in [2.05, 4.69) is 15.3 Å². The molecule has 1 amide bonds. The van der Waals surface area contributed by atoms with Gasteiger partial charge in [0.2, 0.25) is 5.28 Å². The standard InChI is InChI=1S/C15H17Cl2N3O/c16-13-11(6-18-15(17)20-13)14(21)19-12-9-2-7-1-8(4-9)5-10(12)3-7/h6-10,12H,1-5H2,(H,19,21). The predicted molar refractivity (Wildman–Crippen MR) is 80.4 cm³/mol. The van der Waals surface area contributed by atoms with Crippen LogP contribution in [0.5, 0.6) is 0 Å². The lowest BCUT2D eigenvalue weighted by Gasteiger charge is -2.54. The highest BCUT2D eigenvalue weighted by Gasteiger charge is 2.48. The van der Waals surface area contributed by atoms with Gasteiger partial charge >= 0.3 is 0 Å². The van der Waals surface area contributed by atoms with Crippen molar-refractivity contribution < 1.29 is 4.79 Å². The van der Waals surface area contributed by atoms with E-state index in [0.717, 1.165) is 11.8 Å². The highest BCUT2D eigenvalue weighted by Crippen LogP contribution is 2.53. The molecule has 1 aromatic heterocycles. The van der Waals surface area contributed by atoms with E-state index in [4.69, 9.17) is 23.2 Å². The number of halogens is 2. The van der Waals surface area contributed by atoms with Crippen LogP contribution in [-0.2, 0) is 0 Å². The van der Waals surface area contributed by atoms with Crippen LogP contribution < -0.4 is 5.32 Å². The predicted octanol–water partition coefficient (Wildman–Crippen LogP) is 3.34. The first-order valence-electron chi connectivity index (χ1n) is 7.59. The third-order valence-corrected chi connectivity index (χ3v) is 5.95. The number of carbonyl (C=O) groups excluding carboxylic acids is 1. The molecule has 0 saturated heterocycles. The molecule has 112 valence electrons. The maximum absolute atomic E-state index is 12.5. The molecule has 4 bridgehead atoms. The molecule has 1 aromatic rings. The highest BCUT2D eigenvalue weighted by atomic mass is 35.5. The molecule has 0 aromatic carbocycles. The number of rotatable bonds is 2. The minimum atomic E-state index is -0.172. The maximum Gasteiger partial charge on any atom is 0.256 e. The summed E-state index contributed by atoms with van der Waals surface area (Å²) in [4.78, 5) is 20.1. The molecule has 5 rings (SSSR count). The minimum Gasteiger partial charge on any atom is -0.349 e. The Kier molecular flexibility index (Phi) is 3.34. The smallest absolute Gasteiger partial charge is 0.256 e. The molecular formula is C15H17Cl2N3O. The summed E-state index contributed by atoms with van der Waals surface area (Å²) < 4.78 is 0. The Bertz CT molecular complexity index is 564. The van der Waals surface area contributed by atoms with Gasteiger partial charge in [-0.05, 0) is 67.4 Å². The molecule has 0 spiro atoms. The Morgan fingerprint density at radius 3 is 2.29 bits per heavy atom. The van der Waals surface area contributed by atoms with Crippen LogP contribution in [0.3, 0.4) is 0 Å². The van der Waals surface area contributed by atoms with Gasteiger partial charge in [0.15, 0.2) is 0 Å². The average molecular weight is 326 g/mol. The first-order valence-corrected chi connectivity index (χ1v) is 8.34. The molecular weight excluding hydrogens is 309 g/mol. The van der Waals surface area contributed by atoms with Crippen LogP contribution in [0, 0.1) is 23.7 Å². The second-order valence-electron chi connectivity index (χ2n) is 6.77. The summed E-state index contributed by atoms with van der Waals surface area (Å²) in [6.07, 6.45) is 7.88. The third kappa shape index (κ3) is 2.42. The van der Waals surface area contributed by atoms with Crippen molar-refractivity contribution in [1.29, 1.82) is 0 Å². The molecule has 21 heavy (non-hydrogen) atoms. The van der Waals surface area contributed by atoms with E-state index in [1.807, 2.05) is 0 Å². The molecule has 4 fully saturated rings. The summed E-state index contributed by atoms with van der Waals surface area (Å²) in [5, 5.41) is 3.37. The van der Waals surface area contributed by atoms with Crippen LogP contribution in [-0.4, -0.2) is 21.9 Å². The molecule has 4 nitrogen and oxygen atoms in total. The number of aromatic nitrogens is 2. The van der Waals surface area contributed by atoms with Crippen molar-refractivity contribution in [2.24, 2.45) is 23.7 Å². The molecule has 6 heteroatoms. The zero-order chi connectivity index (χ0) is 14.6. The Morgan fingerprint density at radius 2 is 1.71 bits per heavy atom. The van der Waals surface area contributed by atoms with E-state index in [9.17, 15) is 4.79 Å². The highest BCUT2D eigenvalue weighted by molar-refractivity contribution is 6.34. The van der Waals surface area contributed by atoms with Gasteiger partial charge in [-0.1, -0.05) is 11.6 Å². The van der Waals surface area contributed by atoms with Gasteiger partial charge in [-0.3, -0.25) is 4.79 Å². The van der Waals surface area contributed by atoms with Gasteiger partial charge in [-0.2, -0.15) is 0 Å². The van der Waals surface area contributed by atoms with Crippen LogP contribution in [0.1, 0.15) is 42.5 Å². The fraction of sp³-hybridized carbons (Fsp3) is 0.667.